The smallest absolute Gasteiger partial charge is 0.328 e. The number of nitrogens with zero attached hydrogens (tertiary/aromatic N) is 1. The van der Waals surface area contributed by atoms with E-state index in [0.717, 1.165) is 37.8 Å². The molecule has 2 rings (SSSR count). The van der Waals surface area contributed by atoms with E-state index in [1.54, 1.807) is 17.4 Å². The van der Waals surface area contributed by atoms with E-state index < -0.39 is 5.97 Å². The Balaban J connectivity index is 1.67. The van der Waals surface area contributed by atoms with Crippen molar-refractivity contribution < 1.29 is 14.6 Å². The summed E-state index contributed by atoms with van der Waals surface area (Å²) in [7, 11) is 2.08. The van der Waals surface area contributed by atoms with Gasteiger partial charge in [0.1, 0.15) is 0 Å². The Hall–Kier alpha value is -1.17. The van der Waals surface area contributed by atoms with Crippen molar-refractivity contribution in [2.24, 2.45) is 5.92 Å². The number of ether oxygens (including phenoxy) is 1. The number of rotatable bonds is 9. The lowest BCUT2D eigenvalue weighted by atomic mass is 10.3. The minimum absolute atomic E-state index is 0.782. The maximum atomic E-state index is 10.5. The van der Waals surface area contributed by atoms with Crippen LogP contribution in [0.15, 0.2) is 17.5 Å². The molecule has 0 saturated heterocycles. The predicted molar refractivity (Wildman–Crippen MR) is 80.9 cm³/mol. The largest absolute Gasteiger partial charge is 0.478 e. The molecule has 1 saturated carbocycles. The van der Waals surface area contributed by atoms with Gasteiger partial charge in [-0.2, -0.15) is 0 Å². The van der Waals surface area contributed by atoms with Gasteiger partial charge in [-0.1, -0.05) is 0 Å². The fourth-order valence-corrected chi connectivity index (χ4v) is 2.77. The van der Waals surface area contributed by atoms with Crippen LogP contribution in [0.2, 0.25) is 0 Å². The highest BCUT2D eigenvalue weighted by atomic mass is 32.1. The van der Waals surface area contributed by atoms with Crippen LogP contribution in [-0.4, -0.2) is 42.8 Å². The van der Waals surface area contributed by atoms with Crippen LogP contribution in [0.25, 0.3) is 6.08 Å². The molecule has 1 aliphatic rings. The van der Waals surface area contributed by atoms with Crippen LogP contribution < -0.4 is 0 Å². The number of aliphatic carboxylic acids is 1. The topological polar surface area (TPSA) is 49.8 Å². The van der Waals surface area contributed by atoms with E-state index in [2.05, 4.69) is 11.9 Å². The molecule has 0 spiro atoms. The lowest BCUT2D eigenvalue weighted by Crippen LogP contribution is -2.22. The molecule has 0 aromatic carbocycles. The van der Waals surface area contributed by atoms with Crippen molar-refractivity contribution in [3.05, 3.63) is 28.0 Å². The number of carboxylic acid groups (broad SMARTS) is 1. The van der Waals surface area contributed by atoms with Gasteiger partial charge in [0.2, 0.25) is 0 Å². The average Bonchev–Trinajstić information content (AvgIpc) is 3.12. The molecule has 4 nitrogen and oxygen atoms in total. The zero-order chi connectivity index (χ0) is 14.4. The molecule has 1 aromatic heterocycles. The summed E-state index contributed by atoms with van der Waals surface area (Å²) < 4.78 is 5.62. The molecule has 0 atom stereocenters. The minimum Gasteiger partial charge on any atom is -0.478 e. The van der Waals surface area contributed by atoms with Gasteiger partial charge in [0.15, 0.2) is 0 Å². The Morgan fingerprint density at radius 3 is 3.10 bits per heavy atom. The lowest BCUT2D eigenvalue weighted by molar-refractivity contribution is -0.131. The number of hydrogen-bond acceptors (Lipinski definition) is 4. The summed E-state index contributed by atoms with van der Waals surface area (Å²) in [6.07, 6.45) is 5.46. The summed E-state index contributed by atoms with van der Waals surface area (Å²) in [5.41, 5.74) is 0.950. The SMILES string of the molecule is CN(CCOCC1CC1)Cc1cc(/C=C/C(=O)O)cs1. The quantitative estimate of drug-likeness (QED) is 0.562. The van der Waals surface area contributed by atoms with E-state index in [0.29, 0.717) is 0 Å². The molecule has 1 aliphatic carbocycles. The first-order chi connectivity index (χ1) is 9.63. The molecule has 0 radical (unpaired) electrons. The second kappa shape index (κ2) is 7.57. The van der Waals surface area contributed by atoms with E-state index in [1.807, 2.05) is 11.4 Å². The normalized spacial score (nSPS) is 15.3. The third kappa shape index (κ3) is 5.86. The third-order valence-corrected chi connectivity index (χ3v) is 4.13. The van der Waals surface area contributed by atoms with Crippen molar-refractivity contribution in [2.45, 2.75) is 19.4 Å². The van der Waals surface area contributed by atoms with Crippen LogP contribution in [0.5, 0.6) is 0 Å². The molecule has 5 heteroatoms. The third-order valence-electron chi connectivity index (χ3n) is 3.19. The van der Waals surface area contributed by atoms with Gasteiger partial charge in [-0.25, -0.2) is 4.79 Å². The van der Waals surface area contributed by atoms with Gasteiger partial charge in [0.05, 0.1) is 6.61 Å². The minimum atomic E-state index is -0.914. The van der Waals surface area contributed by atoms with Crippen molar-refractivity contribution in [3.63, 3.8) is 0 Å². The average molecular weight is 295 g/mol. The van der Waals surface area contributed by atoms with Crippen LogP contribution in [-0.2, 0) is 16.1 Å². The fraction of sp³-hybridized carbons (Fsp3) is 0.533. The van der Waals surface area contributed by atoms with E-state index in [4.69, 9.17) is 9.84 Å². The highest BCUT2D eigenvalue weighted by molar-refractivity contribution is 7.10. The van der Waals surface area contributed by atoms with Crippen LogP contribution in [0.3, 0.4) is 0 Å². The van der Waals surface area contributed by atoms with Crippen LogP contribution in [0.1, 0.15) is 23.3 Å². The lowest BCUT2D eigenvalue weighted by Gasteiger charge is -2.15. The molecule has 0 aliphatic heterocycles. The Labute approximate surface area is 123 Å². The first-order valence-corrected chi connectivity index (χ1v) is 7.76. The standard InChI is InChI=1S/C15H21NO3S/c1-16(6-7-19-10-12-2-3-12)9-14-8-13(11-20-14)4-5-15(17)18/h4-5,8,11-12H,2-3,6-7,9-10H2,1H3,(H,17,18)/b5-4+. The summed E-state index contributed by atoms with van der Waals surface area (Å²) in [5.74, 6) is -0.0936. The van der Waals surface area contributed by atoms with Crippen molar-refractivity contribution >= 4 is 23.4 Å². The van der Waals surface area contributed by atoms with Crippen molar-refractivity contribution in [1.29, 1.82) is 0 Å². The van der Waals surface area contributed by atoms with Gasteiger partial charge in [0, 0.05) is 30.6 Å². The van der Waals surface area contributed by atoms with Gasteiger partial charge in [-0.3, -0.25) is 4.90 Å². The van der Waals surface area contributed by atoms with Crippen molar-refractivity contribution in [2.75, 3.05) is 26.8 Å². The molecule has 1 aromatic rings. The highest BCUT2D eigenvalue weighted by Crippen LogP contribution is 2.28. The zero-order valence-electron chi connectivity index (χ0n) is 11.7. The summed E-state index contributed by atoms with van der Waals surface area (Å²) in [6, 6.07) is 2.03. The summed E-state index contributed by atoms with van der Waals surface area (Å²) in [6.45, 7) is 3.49. The molecular formula is C15H21NO3S. The van der Waals surface area contributed by atoms with E-state index in [1.165, 1.54) is 23.8 Å². The van der Waals surface area contributed by atoms with Gasteiger partial charge in [-0.15, -0.1) is 11.3 Å². The Bertz CT molecular complexity index is 465. The second-order valence-electron chi connectivity index (χ2n) is 5.27. The summed E-state index contributed by atoms with van der Waals surface area (Å²) >= 11 is 1.66. The summed E-state index contributed by atoms with van der Waals surface area (Å²) in [5, 5.41) is 10.6. The highest BCUT2D eigenvalue weighted by Gasteiger charge is 2.20. The number of likely N-dealkylation sites (N-methyl/N-ethyl adjacent to an activating group) is 1. The Kier molecular flexibility index (Phi) is 5.76. The molecule has 0 bridgehead atoms. The number of carbonyl (C=O) groups is 1. The van der Waals surface area contributed by atoms with E-state index >= 15 is 0 Å². The molecule has 0 amide bonds. The van der Waals surface area contributed by atoms with Crippen LogP contribution >= 0.6 is 11.3 Å². The monoisotopic (exact) mass is 295 g/mol. The Morgan fingerprint density at radius 1 is 1.60 bits per heavy atom. The number of hydrogen-bond donors (Lipinski definition) is 1. The van der Waals surface area contributed by atoms with Gasteiger partial charge in [0.25, 0.3) is 0 Å². The molecule has 110 valence electrons. The second-order valence-corrected chi connectivity index (χ2v) is 6.27. The predicted octanol–water partition coefficient (Wildman–Crippen LogP) is 2.70. The van der Waals surface area contributed by atoms with Crippen molar-refractivity contribution in [1.82, 2.24) is 4.90 Å². The Morgan fingerprint density at radius 2 is 2.40 bits per heavy atom. The maximum Gasteiger partial charge on any atom is 0.328 e. The molecular weight excluding hydrogens is 274 g/mol. The van der Waals surface area contributed by atoms with Crippen LogP contribution in [0.4, 0.5) is 0 Å². The van der Waals surface area contributed by atoms with Gasteiger partial charge in [-0.05, 0) is 48.9 Å². The molecule has 1 fully saturated rings. The fourth-order valence-electron chi connectivity index (χ4n) is 1.84. The number of thiophene rings is 1. The van der Waals surface area contributed by atoms with E-state index in [-0.39, 0.29) is 0 Å². The zero-order valence-corrected chi connectivity index (χ0v) is 12.6. The number of carboxylic acids is 1. The first kappa shape index (κ1) is 15.2. The van der Waals surface area contributed by atoms with E-state index in [9.17, 15) is 4.79 Å². The van der Waals surface area contributed by atoms with Gasteiger partial charge >= 0.3 is 5.97 Å². The molecule has 1 N–H and O–H groups in total. The first-order valence-electron chi connectivity index (χ1n) is 6.88. The van der Waals surface area contributed by atoms with Crippen LogP contribution in [0, 0.1) is 5.92 Å². The maximum absolute atomic E-state index is 10.5. The molecule has 1 heterocycles. The van der Waals surface area contributed by atoms with Crippen molar-refractivity contribution in [3.8, 4) is 0 Å². The van der Waals surface area contributed by atoms with Gasteiger partial charge < -0.3 is 9.84 Å². The molecule has 20 heavy (non-hydrogen) atoms. The summed E-state index contributed by atoms with van der Waals surface area (Å²) in [4.78, 5) is 13.9. The molecule has 0 unspecified atom stereocenters.